The molecule has 3 aliphatic rings. The number of carbonyl (C=O) groups is 4. The fraction of sp³-hybridized carbons (Fsp3) is 0.310. The van der Waals surface area contributed by atoms with Gasteiger partial charge in [-0.2, -0.15) is 0 Å². The fourth-order valence-corrected chi connectivity index (χ4v) is 6.42. The lowest BCUT2D eigenvalue weighted by molar-refractivity contribution is -0.153. The largest absolute Gasteiger partial charge is 0.508 e. The van der Waals surface area contributed by atoms with Crippen molar-refractivity contribution in [1.29, 1.82) is 0 Å². The summed E-state index contributed by atoms with van der Waals surface area (Å²) in [7, 11) is 3.09. The molecule has 0 spiro atoms. The maximum atomic E-state index is 13.9. The first-order valence-electron chi connectivity index (χ1n) is 12.4. The van der Waals surface area contributed by atoms with E-state index in [-0.39, 0.29) is 35.5 Å². The minimum absolute atomic E-state index is 0.00276. The smallest absolute Gasteiger partial charge is 0.255 e. The molecule has 0 bridgehead atoms. The summed E-state index contributed by atoms with van der Waals surface area (Å²) < 4.78 is 0. The minimum Gasteiger partial charge on any atom is -0.508 e. The van der Waals surface area contributed by atoms with E-state index >= 15 is 0 Å². The Morgan fingerprint density at radius 1 is 1.08 bits per heavy atom. The van der Waals surface area contributed by atoms with E-state index in [1.807, 2.05) is 0 Å². The molecule has 1 fully saturated rings. The summed E-state index contributed by atoms with van der Waals surface area (Å²) in [5, 5.41) is 44.7. The molecular formula is C29H28N2O8. The maximum absolute atomic E-state index is 13.9. The molecule has 0 aromatic heterocycles. The number of fused-ring (bicyclic) bond motifs is 3. The number of phenolic OH excluding ortho intramolecular Hbond substituents is 1. The molecule has 10 heteroatoms. The van der Waals surface area contributed by atoms with E-state index in [1.54, 1.807) is 44.4 Å². The van der Waals surface area contributed by atoms with Crippen LogP contribution in [0.4, 0.5) is 0 Å². The van der Waals surface area contributed by atoms with Crippen LogP contribution in [0.2, 0.25) is 0 Å². The zero-order valence-electron chi connectivity index (χ0n) is 21.6. The van der Waals surface area contributed by atoms with Gasteiger partial charge in [0, 0.05) is 17.1 Å². The van der Waals surface area contributed by atoms with Gasteiger partial charge >= 0.3 is 0 Å². The lowest BCUT2D eigenvalue weighted by Gasteiger charge is -2.50. The number of aromatic hydroxyl groups is 1. The highest BCUT2D eigenvalue weighted by Gasteiger charge is 2.64. The highest BCUT2D eigenvalue weighted by Crippen LogP contribution is 2.53. The predicted octanol–water partition coefficient (Wildman–Crippen LogP) is 1.83. The number of ketones is 3. The number of primary amides is 1. The van der Waals surface area contributed by atoms with Crippen molar-refractivity contribution in [2.45, 2.75) is 31.4 Å². The Labute approximate surface area is 223 Å². The van der Waals surface area contributed by atoms with Gasteiger partial charge in [0.1, 0.15) is 22.8 Å². The van der Waals surface area contributed by atoms with Crippen LogP contribution in [0.5, 0.6) is 5.75 Å². The third-order valence-electron chi connectivity index (χ3n) is 8.18. The second-order valence-electron chi connectivity index (χ2n) is 10.6. The fourth-order valence-electron chi connectivity index (χ4n) is 6.42. The number of hydrogen-bond donors (Lipinski definition) is 5. The molecule has 1 amide bonds. The van der Waals surface area contributed by atoms with Crippen molar-refractivity contribution >= 4 is 29.0 Å². The molecule has 5 rings (SSSR count). The monoisotopic (exact) mass is 532 g/mol. The summed E-state index contributed by atoms with van der Waals surface area (Å²) in [6, 6.07) is 8.76. The summed E-state index contributed by atoms with van der Waals surface area (Å²) in [6.07, 6.45) is 0.150. The summed E-state index contributed by atoms with van der Waals surface area (Å²) in [5.74, 6) is -7.12. The van der Waals surface area contributed by atoms with Crippen molar-refractivity contribution in [2.24, 2.45) is 17.6 Å². The Bertz CT molecular complexity index is 1550. The zero-order chi connectivity index (χ0) is 28.5. The van der Waals surface area contributed by atoms with Crippen LogP contribution in [0.15, 0.2) is 53.3 Å². The topological polar surface area (TPSA) is 178 Å². The van der Waals surface area contributed by atoms with Crippen LogP contribution in [0.3, 0.4) is 0 Å². The van der Waals surface area contributed by atoms with Crippen molar-refractivity contribution in [2.75, 3.05) is 14.1 Å². The summed E-state index contributed by atoms with van der Waals surface area (Å²) in [5.41, 5.74) is 3.89. The summed E-state index contributed by atoms with van der Waals surface area (Å²) in [6.45, 7) is 1.45. The number of carbonyl (C=O) groups excluding carboxylic acids is 4. The van der Waals surface area contributed by atoms with Gasteiger partial charge in [0.05, 0.1) is 11.6 Å². The molecular weight excluding hydrogens is 504 g/mol. The zero-order valence-corrected chi connectivity index (χ0v) is 21.6. The van der Waals surface area contributed by atoms with Crippen LogP contribution in [-0.2, 0) is 20.8 Å². The van der Waals surface area contributed by atoms with E-state index in [2.05, 4.69) is 0 Å². The van der Waals surface area contributed by atoms with Gasteiger partial charge < -0.3 is 26.2 Å². The van der Waals surface area contributed by atoms with Crippen molar-refractivity contribution in [3.05, 3.63) is 70.0 Å². The van der Waals surface area contributed by atoms with Crippen LogP contribution in [0, 0.1) is 11.8 Å². The first kappa shape index (κ1) is 26.3. The molecule has 0 radical (unpaired) electrons. The quantitative estimate of drug-likeness (QED) is 0.290. The molecule has 202 valence electrons. The van der Waals surface area contributed by atoms with E-state index in [4.69, 9.17) is 5.73 Å². The van der Waals surface area contributed by atoms with Crippen molar-refractivity contribution in [3.8, 4) is 16.9 Å². The highest BCUT2D eigenvalue weighted by molar-refractivity contribution is 6.24. The Balaban J connectivity index is 1.73. The van der Waals surface area contributed by atoms with Gasteiger partial charge in [0.15, 0.2) is 17.2 Å². The number of phenols is 1. The van der Waals surface area contributed by atoms with Gasteiger partial charge in [-0.05, 0) is 68.6 Å². The Morgan fingerprint density at radius 2 is 1.77 bits per heavy atom. The second-order valence-corrected chi connectivity index (χ2v) is 10.6. The van der Waals surface area contributed by atoms with Crippen LogP contribution >= 0.6 is 0 Å². The average Bonchev–Trinajstić information content (AvgIpc) is 2.86. The molecule has 2 unspecified atom stereocenters. The van der Waals surface area contributed by atoms with E-state index in [0.717, 1.165) is 0 Å². The Morgan fingerprint density at radius 3 is 2.38 bits per heavy atom. The molecule has 2 aromatic rings. The minimum atomic E-state index is -2.69. The van der Waals surface area contributed by atoms with Gasteiger partial charge in [-0.3, -0.25) is 24.1 Å². The third-order valence-corrected chi connectivity index (χ3v) is 8.18. The number of nitrogens with two attached hydrogens (primary N) is 1. The SMILES string of the molecule is CC(=O)c1cccc(-c2ccc(O)c3c2CC2CC4[C@H](N(C)C)C(=O)C(C(N)=O)=C(O)[C@@]4(O)C(=O)C2=C3O)c1. The standard InChI is InChI=1S/C29H28N2O8/c1-12(32)13-5-4-6-14(9-13)16-7-8-19(33)21-17(16)10-15-11-18-23(31(2)3)25(35)22(28(30)38)27(37)29(18,39)26(36)20(15)24(21)34/h4-9,15,18,23,33-34,37,39H,10-11H2,1-3H3,(H2,30,38)/t15?,18?,23-,29-/m0/s1. The van der Waals surface area contributed by atoms with Crippen molar-refractivity contribution < 1.29 is 39.6 Å². The second kappa shape index (κ2) is 8.89. The molecule has 4 atom stereocenters. The maximum Gasteiger partial charge on any atom is 0.255 e. The average molecular weight is 533 g/mol. The molecule has 1 saturated carbocycles. The predicted molar refractivity (Wildman–Crippen MR) is 140 cm³/mol. The Kier molecular flexibility index (Phi) is 6.00. The highest BCUT2D eigenvalue weighted by atomic mass is 16.3. The summed E-state index contributed by atoms with van der Waals surface area (Å²) in [4.78, 5) is 52.6. The van der Waals surface area contributed by atoms with Gasteiger partial charge in [-0.1, -0.05) is 24.3 Å². The van der Waals surface area contributed by atoms with E-state index in [9.17, 15) is 39.6 Å². The van der Waals surface area contributed by atoms with Crippen LogP contribution in [0.1, 0.15) is 34.8 Å². The summed E-state index contributed by atoms with van der Waals surface area (Å²) >= 11 is 0. The number of amides is 1. The number of Topliss-reactive ketones (excluding diaryl/α,β-unsaturated/α-hetero) is 3. The number of aliphatic hydroxyl groups is 3. The molecule has 10 nitrogen and oxygen atoms in total. The lowest BCUT2D eigenvalue weighted by atomic mass is 9.57. The number of benzene rings is 2. The van der Waals surface area contributed by atoms with Gasteiger partial charge in [0.25, 0.3) is 5.91 Å². The molecule has 39 heavy (non-hydrogen) atoms. The molecule has 0 heterocycles. The number of hydrogen-bond acceptors (Lipinski definition) is 9. The van der Waals surface area contributed by atoms with E-state index in [1.165, 1.54) is 17.9 Å². The Hall–Kier alpha value is -4.28. The van der Waals surface area contributed by atoms with E-state index in [0.29, 0.717) is 22.3 Å². The van der Waals surface area contributed by atoms with Crippen molar-refractivity contribution in [3.63, 3.8) is 0 Å². The van der Waals surface area contributed by atoms with Crippen LogP contribution in [-0.4, -0.2) is 74.3 Å². The van der Waals surface area contributed by atoms with Gasteiger partial charge in [-0.25, -0.2) is 0 Å². The first-order chi connectivity index (χ1) is 18.3. The number of nitrogens with zero attached hydrogens (tertiary/aromatic N) is 1. The third kappa shape index (κ3) is 3.63. The molecule has 0 aliphatic heterocycles. The lowest BCUT2D eigenvalue weighted by Crippen LogP contribution is -2.65. The number of rotatable bonds is 4. The normalized spacial score (nSPS) is 26.3. The van der Waals surface area contributed by atoms with Crippen LogP contribution < -0.4 is 5.73 Å². The first-order valence-corrected chi connectivity index (χ1v) is 12.4. The number of likely N-dealkylation sites (N-methyl/N-ethyl adjacent to an activating group) is 1. The van der Waals surface area contributed by atoms with Crippen LogP contribution in [0.25, 0.3) is 16.9 Å². The molecule has 2 aromatic carbocycles. The van der Waals surface area contributed by atoms with Gasteiger partial charge in [0.2, 0.25) is 5.78 Å². The molecule has 3 aliphatic carbocycles. The number of aliphatic hydroxyl groups excluding tert-OH is 2. The van der Waals surface area contributed by atoms with Crippen molar-refractivity contribution in [1.82, 2.24) is 4.90 Å². The van der Waals surface area contributed by atoms with Gasteiger partial charge in [-0.15, -0.1) is 0 Å². The van der Waals surface area contributed by atoms with E-state index < -0.39 is 58.0 Å². The molecule has 0 saturated heterocycles. The molecule has 6 N–H and O–H groups in total.